The van der Waals surface area contributed by atoms with Crippen LogP contribution in [-0.4, -0.2) is 20.4 Å². The molecule has 0 unspecified atom stereocenters. The van der Waals surface area contributed by atoms with E-state index in [1.54, 1.807) is 6.20 Å². The second-order valence-electron chi connectivity index (χ2n) is 3.09. The molecule has 12 heavy (non-hydrogen) atoms. The number of aromatic nitrogens is 4. The Kier molecular flexibility index (Phi) is 1.53. The monoisotopic (exact) mass is 162 g/mol. The van der Waals surface area contributed by atoms with Crippen molar-refractivity contribution in [3.8, 4) is 0 Å². The molecule has 0 aliphatic heterocycles. The van der Waals surface area contributed by atoms with E-state index in [0.29, 0.717) is 5.92 Å². The molecule has 4 nitrogen and oxygen atoms in total. The molecule has 62 valence electrons. The molecule has 1 N–H and O–H groups in total. The Labute approximate surface area is 70.0 Å². The maximum atomic E-state index is 4.07. The molecule has 0 radical (unpaired) electrons. The number of H-pyrrole nitrogens is 1. The predicted molar refractivity (Wildman–Crippen MR) is 45.8 cm³/mol. The quantitative estimate of drug-likeness (QED) is 0.690. The topological polar surface area (TPSA) is 54.5 Å². The second-order valence-corrected chi connectivity index (χ2v) is 3.09. The van der Waals surface area contributed by atoms with E-state index in [2.05, 4.69) is 34.2 Å². The van der Waals surface area contributed by atoms with Crippen LogP contribution in [0.4, 0.5) is 0 Å². The first kappa shape index (κ1) is 7.21. The molecular weight excluding hydrogens is 152 g/mol. The predicted octanol–water partition coefficient (Wildman–Crippen LogP) is 1.48. The highest BCUT2D eigenvalue weighted by atomic mass is 15.2. The van der Waals surface area contributed by atoms with Gasteiger partial charge in [0.05, 0.1) is 17.4 Å². The average molecular weight is 162 g/mol. The third-order valence-corrected chi connectivity index (χ3v) is 1.80. The first-order valence-corrected chi connectivity index (χ1v) is 3.94. The van der Waals surface area contributed by atoms with Crippen LogP contribution in [0.15, 0.2) is 12.3 Å². The summed E-state index contributed by atoms with van der Waals surface area (Å²) < 4.78 is 0. The summed E-state index contributed by atoms with van der Waals surface area (Å²) in [6.07, 6.45) is 1.67. The fourth-order valence-corrected chi connectivity index (χ4v) is 1.05. The molecule has 2 aromatic rings. The van der Waals surface area contributed by atoms with E-state index in [1.807, 2.05) is 6.07 Å². The Hall–Kier alpha value is -1.45. The lowest BCUT2D eigenvalue weighted by Gasteiger charge is -2.00. The zero-order valence-electron chi connectivity index (χ0n) is 7.07. The standard InChI is InChI=1S/C8H10N4/c1-5(2)6-3-7-8(12-11-6)4-9-10-7/h3-5H,1-2H3,(H,9,10). The Balaban J connectivity index is 2.60. The molecule has 0 saturated carbocycles. The molecule has 4 heteroatoms. The van der Waals surface area contributed by atoms with Gasteiger partial charge in [0.25, 0.3) is 0 Å². The molecule has 2 rings (SSSR count). The van der Waals surface area contributed by atoms with Crippen molar-refractivity contribution in [1.29, 1.82) is 0 Å². The van der Waals surface area contributed by atoms with Gasteiger partial charge >= 0.3 is 0 Å². The summed E-state index contributed by atoms with van der Waals surface area (Å²) in [4.78, 5) is 0. The Morgan fingerprint density at radius 2 is 2.17 bits per heavy atom. The second kappa shape index (κ2) is 2.55. The number of hydrogen-bond donors (Lipinski definition) is 1. The van der Waals surface area contributed by atoms with Crippen LogP contribution >= 0.6 is 0 Å². The molecule has 0 spiro atoms. The molecule has 0 bridgehead atoms. The summed E-state index contributed by atoms with van der Waals surface area (Å²) in [7, 11) is 0. The lowest BCUT2D eigenvalue weighted by Crippen LogP contribution is -1.94. The summed E-state index contributed by atoms with van der Waals surface area (Å²) in [5.41, 5.74) is 2.76. The van der Waals surface area contributed by atoms with Crippen molar-refractivity contribution in [1.82, 2.24) is 20.4 Å². The summed E-state index contributed by atoms with van der Waals surface area (Å²) in [5, 5.41) is 14.8. The third-order valence-electron chi connectivity index (χ3n) is 1.80. The molecule has 0 fully saturated rings. The van der Waals surface area contributed by atoms with Gasteiger partial charge in [0, 0.05) is 0 Å². The number of hydrogen-bond acceptors (Lipinski definition) is 3. The van der Waals surface area contributed by atoms with Crippen molar-refractivity contribution in [2.75, 3.05) is 0 Å². The van der Waals surface area contributed by atoms with E-state index in [1.165, 1.54) is 0 Å². The van der Waals surface area contributed by atoms with Gasteiger partial charge in [-0.3, -0.25) is 5.10 Å². The van der Waals surface area contributed by atoms with E-state index in [4.69, 9.17) is 0 Å². The van der Waals surface area contributed by atoms with Gasteiger partial charge in [-0.2, -0.15) is 10.2 Å². The fourth-order valence-electron chi connectivity index (χ4n) is 1.05. The number of fused-ring (bicyclic) bond motifs is 1. The van der Waals surface area contributed by atoms with Crippen LogP contribution in [0.1, 0.15) is 25.5 Å². The van der Waals surface area contributed by atoms with Gasteiger partial charge in [-0.15, -0.1) is 5.10 Å². The summed E-state index contributed by atoms with van der Waals surface area (Å²) in [6, 6.07) is 1.99. The van der Waals surface area contributed by atoms with Gasteiger partial charge < -0.3 is 0 Å². The Morgan fingerprint density at radius 1 is 1.33 bits per heavy atom. The Morgan fingerprint density at radius 3 is 2.92 bits per heavy atom. The van der Waals surface area contributed by atoms with Crippen LogP contribution in [0.5, 0.6) is 0 Å². The lowest BCUT2D eigenvalue weighted by atomic mass is 10.1. The smallest absolute Gasteiger partial charge is 0.131 e. The first-order chi connectivity index (χ1) is 5.77. The number of aromatic amines is 1. The van der Waals surface area contributed by atoms with Crippen molar-refractivity contribution in [3.05, 3.63) is 18.0 Å². The van der Waals surface area contributed by atoms with Crippen LogP contribution in [0.2, 0.25) is 0 Å². The molecular formula is C8H10N4. The highest BCUT2D eigenvalue weighted by molar-refractivity contribution is 5.72. The minimum atomic E-state index is 0.408. The van der Waals surface area contributed by atoms with Gasteiger partial charge in [0.15, 0.2) is 0 Å². The van der Waals surface area contributed by atoms with Crippen molar-refractivity contribution in [3.63, 3.8) is 0 Å². The van der Waals surface area contributed by atoms with Crippen molar-refractivity contribution < 1.29 is 0 Å². The average Bonchev–Trinajstić information content (AvgIpc) is 2.49. The molecule has 2 heterocycles. The highest BCUT2D eigenvalue weighted by Crippen LogP contribution is 2.13. The van der Waals surface area contributed by atoms with E-state index in [9.17, 15) is 0 Å². The first-order valence-electron chi connectivity index (χ1n) is 3.94. The van der Waals surface area contributed by atoms with Gasteiger partial charge in [-0.25, -0.2) is 0 Å². The molecule has 0 aromatic carbocycles. The number of rotatable bonds is 1. The largest absolute Gasteiger partial charge is 0.276 e. The normalized spacial score (nSPS) is 11.2. The summed E-state index contributed by atoms with van der Waals surface area (Å²) in [6.45, 7) is 4.18. The van der Waals surface area contributed by atoms with Crippen LogP contribution in [0, 0.1) is 0 Å². The third kappa shape index (κ3) is 1.05. The van der Waals surface area contributed by atoms with Crippen molar-refractivity contribution >= 4 is 11.0 Å². The lowest BCUT2D eigenvalue weighted by molar-refractivity contribution is 0.794. The maximum Gasteiger partial charge on any atom is 0.131 e. The zero-order chi connectivity index (χ0) is 8.55. The van der Waals surface area contributed by atoms with Crippen LogP contribution in [0.3, 0.4) is 0 Å². The Bertz CT molecular complexity index is 391. The molecule has 0 aliphatic carbocycles. The number of nitrogens with zero attached hydrogens (tertiary/aromatic N) is 3. The molecule has 0 atom stereocenters. The van der Waals surface area contributed by atoms with E-state index < -0.39 is 0 Å². The number of nitrogens with one attached hydrogen (secondary N) is 1. The maximum absolute atomic E-state index is 4.07. The molecule has 0 saturated heterocycles. The van der Waals surface area contributed by atoms with E-state index in [0.717, 1.165) is 16.7 Å². The minimum absolute atomic E-state index is 0.408. The van der Waals surface area contributed by atoms with Gasteiger partial charge in [0.2, 0.25) is 0 Å². The summed E-state index contributed by atoms with van der Waals surface area (Å²) in [5.74, 6) is 0.408. The van der Waals surface area contributed by atoms with Gasteiger partial charge in [0.1, 0.15) is 5.52 Å². The van der Waals surface area contributed by atoms with Crippen molar-refractivity contribution in [2.45, 2.75) is 19.8 Å². The van der Waals surface area contributed by atoms with Crippen LogP contribution in [0.25, 0.3) is 11.0 Å². The zero-order valence-corrected chi connectivity index (χ0v) is 7.07. The molecule has 0 amide bonds. The molecule has 2 aromatic heterocycles. The minimum Gasteiger partial charge on any atom is -0.276 e. The summed E-state index contributed by atoms with van der Waals surface area (Å²) >= 11 is 0. The molecule has 0 aliphatic rings. The van der Waals surface area contributed by atoms with Crippen LogP contribution in [-0.2, 0) is 0 Å². The fraction of sp³-hybridized carbons (Fsp3) is 0.375. The van der Waals surface area contributed by atoms with E-state index >= 15 is 0 Å². The highest BCUT2D eigenvalue weighted by Gasteiger charge is 2.03. The SMILES string of the molecule is CC(C)c1cc2[nH]ncc2nn1. The van der Waals surface area contributed by atoms with E-state index in [-0.39, 0.29) is 0 Å². The van der Waals surface area contributed by atoms with Crippen LogP contribution < -0.4 is 0 Å². The van der Waals surface area contributed by atoms with Gasteiger partial charge in [-0.05, 0) is 12.0 Å². The van der Waals surface area contributed by atoms with Crippen molar-refractivity contribution in [2.24, 2.45) is 0 Å². The van der Waals surface area contributed by atoms with Gasteiger partial charge in [-0.1, -0.05) is 13.8 Å².